The normalized spacial score (nSPS) is 10.9. The highest BCUT2D eigenvalue weighted by Gasteiger charge is 2.15. The number of carbonyl (C=O) groups is 1. The Kier molecular flexibility index (Phi) is 13.5. The summed E-state index contributed by atoms with van der Waals surface area (Å²) in [4.78, 5) is 21.5. The number of aryl methyl sites for hydroxylation is 1. The van der Waals surface area contributed by atoms with Gasteiger partial charge in [-0.25, -0.2) is 19.2 Å². The standard InChI is InChI=1S/C33H43FN2O3/c1-3-5-7-9-10-11-12-14-22-38-29-20-21-30(31(34)23-29)33(37)39-28-18-16-27(17-19-28)32-35-24-26(25-36-32)15-13-8-6-4-2/h16-21,23-25H,3-15,22H2,1-2H3. The zero-order chi connectivity index (χ0) is 27.7. The van der Waals surface area contributed by atoms with Gasteiger partial charge >= 0.3 is 5.97 Å². The van der Waals surface area contributed by atoms with Crippen molar-refractivity contribution in [3.8, 4) is 22.9 Å². The number of ether oxygens (including phenoxy) is 2. The summed E-state index contributed by atoms with van der Waals surface area (Å²) < 4.78 is 25.7. The quantitative estimate of drug-likeness (QED) is 0.0925. The molecule has 210 valence electrons. The van der Waals surface area contributed by atoms with Crippen LogP contribution in [0.2, 0.25) is 0 Å². The van der Waals surface area contributed by atoms with Gasteiger partial charge in [0.05, 0.1) is 12.2 Å². The van der Waals surface area contributed by atoms with Gasteiger partial charge in [0.1, 0.15) is 17.3 Å². The van der Waals surface area contributed by atoms with Crippen molar-refractivity contribution >= 4 is 5.97 Å². The summed E-state index contributed by atoms with van der Waals surface area (Å²) in [6.45, 7) is 4.96. The van der Waals surface area contributed by atoms with Gasteiger partial charge in [0, 0.05) is 24.0 Å². The zero-order valence-corrected chi connectivity index (χ0v) is 23.6. The minimum atomic E-state index is -0.751. The molecule has 0 atom stereocenters. The Morgan fingerprint density at radius 2 is 1.33 bits per heavy atom. The largest absolute Gasteiger partial charge is 0.493 e. The third kappa shape index (κ3) is 10.8. The Bertz CT molecular complexity index is 1120. The van der Waals surface area contributed by atoms with Gasteiger partial charge in [0.15, 0.2) is 5.82 Å². The fourth-order valence-corrected chi connectivity index (χ4v) is 4.40. The van der Waals surface area contributed by atoms with E-state index < -0.39 is 11.8 Å². The number of unbranched alkanes of at least 4 members (excludes halogenated alkanes) is 10. The molecule has 6 heteroatoms. The molecule has 0 spiro atoms. The summed E-state index contributed by atoms with van der Waals surface area (Å²) in [5.74, 6) is -0.0559. The van der Waals surface area contributed by atoms with Crippen LogP contribution in [0.25, 0.3) is 11.4 Å². The lowest BCUT2D eigenvalue weighted by molar-refractivity contribution is 0.0730. The fraction of sp³-hybridized carbons (Fsp3) is 0.485. The predicted octanol–water partition coefficient (Wildman–Crippen LogP) is 9.14. The van der Waals surface area contributed by atoms with Crippen LogP contribution in [0.4, 0.5) is 4.39 Å². The van der Waals surface area contributed by atoms with E-state index >= 15 is 0 Å². The lowest BCUT2D eigenvalue weighted by Gasteiger charge is -2.09. The summed E-state index contributed by atoms with van der Waals surface area (Å²) in [5, 5.41) is 0. The van der Waals surface area contributed by atoms with Crippen LogP contribution in [0.15, 0.2) is 54.9 Å². The lowest BCUT2D eigenvalue weighted by Crippen LogP contribution is -2.11. The van der Waals surface area contributed by atoms with Crippen LogP contribution in [0.5, 0.6) is 11.5 Å². The third-order valence-electron chi connectivity index (χ3n) is 6.77. The molecular weight excluding hydrogens is 491 g/mol. The minimum absolute atomic E-state index is 0.128. The van der Waals surface area contributed by atoms with Gasteiger partial charge in [-0.1, -0.05) is 78.1 Å². The van der Waals surface area contributed by atoms with Gasteiger partial charge in [-0.3, -0.25) is 0 Å². The molecule has 39 heavy (non-hydrogen) atoms. The number of hydrogen-bond donors (Lipinski definition) is 0. The van der Waals surface area contributed by atoms with Gasteiger partial charge in [0.2, 0.25) is 0 Å². The van der Waals surface area contributed by atoms with E-state index in [4.69, 9.17) is 9.47 Å². The van der Waals surface area contributed by atoms with Gasteiger partial charge in [-0.2, -0.15) is 0 Å². The van der Waals surface area contributed by atoms with Crippen molar-refractivity contribution in [2.45, 2.75) is 97.3 Å². The van der Waals surface area contributed by atoms with E-state index in [2.05, 4.69) is 23.8 Å². The molecule has 0 saturated carbocycles. The second-order valence-electron chi connectivity index (χ2n) is 10.1. The average molecular weight is 535 g/mol. The summed E-state index contributed by atoms with van der Waals surface area (Å²) >= 11 is 0. The highest BCUT2D eigenvalue weighted by atomic mass is 19.1. The Balaban J connectivity index is 1.43. The first kappa shape index (κ1) is 30.3. The molecule has 3 aromatic rings. The molecule has 0 fully saturated rings. The van der Waals surface area contributed by atoms with E-state index in [1.807, 2.05) is 12.4 Å². The van der Waals surface area contributed by atoms with Gasteiger partial charge in [-0.05, 0) is 61.2 Å². The summed E-state index contributed by atoms with van der Waals surface area (Å²) in [6.07, 6.45) is 19.2. The summed E-state index contributed by atoms with van der Waals surface area (Å²) in [7, 11) is 0. The number of halogens is 1. The zero-order valence-electron chi connectivity index (χ0n) is 23.6. The Hall–Kier alpha value is -3.28. The molecule has 1 aromatic heterocycles. The SMILES string of the molecule is CCCCCCCCCCOc1ccc(C(=O)Oc2ccc(-c3ncc(CCCCCC)cn3)cc2)c(F)c1. The average Bonchev–Trinajstić information content (AvgIpc) is 2.95. The maximum atomic E-state index is 14.6. The van der Waals surface area contributed by atoms with E-state index in [1.54, 1.807) is 30.3 Å². The highest BCUT2D eigenvalue weighted by Crippen LogP contribution is 2.23. The molecule has 0 amide bonds. The van der Waals surface area contributed by atoms with E-state index in [0.29, 0.717) is 23.9 Å². The van der Waals surface area contributed by atoms with Crippen LogP contribution in [0.3, 0.4) is 0 Å². The maximum Gasteiger partial charge on any atom is 0.346 e. The van der Waals surface area contributed by atoms with Crippen LogP contribution in [0.1, 0.15) is 107 Å². The monoisotopic (exact) mass is 534 g/mol. The number of carbonyl (C=O) groups excluding carboxylic acids is 1. The van der Waals surface area contributed by atoms with E-state index in [1.165, 1.54) is 69.9 Å². The minimum Gasteiger partial charge on any atom is -0.493 e. The molecule has 1 heterocycles. The lowest BCUT2D eigenvalue weighted by atomic mass is 10.1. The maximum absolute atomic E-state index is 14.6. The summed E-state index contributed by atoms with van der Waals surface area (Å²) in [5.41, 5.74) is 1.82. The van der Waals surface area contributed by atoms with Crippen LogP contribution in [0, 0.1) is 5.82 Å². The fourth-order valence-electron chi connectivity index (χ4n) is 4.40. The van der Waals surface area contributed by atoms with Gasteiger partial charge in [0.25, 0.3) is 0 Å². The molecule has 5 nitrogen and oxygen atoms in total. The van der Waals surface area contributed by atoms with Crippen molar-refractivity contribution in [1.82, 2.24) is 9.97 Å². The van der Waals surface area contributed by atoms with Crippen LogP contribution >= 0.6 is 0 Å². The molecule has 0 aliphatic carbocycles. The second kappa shape index (κ2) is 17.3. The number of nitrogens with zero attached hydrogens (tertiary/aromatic N) is 2. The molecule has 3 rings (SSSR count). The molecular formula is C33H43FN2O3. The Labute approximate surface area is 233 Å². The topological polar surface area (TPSA) is 61.3 Å². The van der Waals surface area contributed by atoms with Crippen molar-refractivity contribution in [2.24, 2.45) is 0 Å². The van der Waals surface area contributed by atoms with Crippen molar-refractivity contribution in [3.63, 3.8) is 0 Å². The predicted molar refractivity (Wildman–Crippen MR) is 155 cm³/mol. The Morgan fingerprint density at radius 1 is 0.744 bits per heavy atom. The van der Waals surface area contributed by atoms with Crippen molar-refractivity contribution < 1.29 is 18.7 Å². The summed E-state index contributed by atoms with van der Waals surface area (Å²) in [6, 6.07) is 11.2. The van der Waals surface area contributed by atoms with Crippen molar-refractivity contribution in [2.75, 3.05) is 6.61 Å². The second-order valence-corrected chi connectivity index (χ2v) is 10.1. The van der Waals surface area contributed by atoms with Gasteiger partial charge < -0.3 is 9.47 Å². The first-order valence-corrected chi connectivity index (χ1v) is 14.7. The van der Waals surface area contributed by atoms with E-state index in [0.717, 1.165) is 36.8 Å². The highest BCUT2D eigenvalue weighted by molar-refractivity contribution is 5.91. The van der Waals surface area contributed by atoms with Crippen LogP contribution in [-0.4, -0.2) is 22.5 Å². The number of hydrogen-bond acceptors (Lipinski definition) is 5. The first-order valence-electron chi connectivity index (χ1n) is 14.7. The van der Waals surface area contributed by atoms with Crippen LogP contribution < -0.4 is 9.47 Å². The third-order valence-corrected chi connectivity index (χ3v) is 6.77. The molecule has 0 unspecified atom stereocenters. The first-order chi connectivity index (χ1) is 19.1. The molecule has 0 saturated heterocycles. The van der Waals surface area contributed by atoms with E-state index in [9.17, 15) is 9.18 Å². The molecule has 0 bridgehead atoms. The Morgan fingerprint density at radius 3 is 1.97 bits per heavy atom. The van der Waals surface area contributed by atoms with Crippen LogP contribution in [-0.2, 0) is 6.42 Å². The molecule has 0 aliphatic heterocycles. The smallest absolute Gasteiger partial charge is 0.346 e. The van der Waals surface area contributed by atoms with Crippen molar-refractivity contribution in [1.29, 1.82) is 0 Å². The number of esters is 1. The van der Waals surface area contributed by atoms with Gasteiger partial charge in [-0.15, -0.1) is 0 Å². The molecule has 0 N–H and O–H groups in total. The number of rotatable bonds is 18. The molecule has 0 radical (unpaired) electrons. The van der Waals surface area contributed by atoms with E-state index in [-0.39, 0.29) is 5.56 Å². The number of benzene rings is 2. The molecule has 0 aliphatic rings. The van der Waals surface area contributed by atoms with Crippen molar-refractivity contribution in [3.05, 3.63) is 71.8 Å². The molecule has 2 aromatic carbocycles. The number of aromatic nitrogens is 2.